The summed E-state index contributed by atoms with van der Waals surface area (Å²) >= 11 is 0. The first-order valence-corrected chi connectivity index (χ1v) is 12.1. The molecule has 0 aliphatic carbocycles. The minimum Gasteiger partial charge on any atom is -0.469 e. The summed E-state index contributed by atoms with van der Waals surface area (Å²) in [6.45, 7) is 5.68. The number of nitrogens with one attached hydrogen (secondary N) is 1. The highest BCUT2D eigenvalue weighted by Gasteiger charge is 2.21. The van der Waals surface area contributed by atoms with E-state index < -0.39 is 0 Å². The first-order valence-electron chi connectivity index (χ1n) is 12.1. The summed E-state index contributed by atoms with van der Waals surface area (Å²) in [6, 6.07) is 8.18. The van der Waals surface area contributed by atoms with Gasteiger partial charge in [0.05, 0.1) is 18.9 Å². The Morgan fingerprint density at radius 1 is 1.22 bits per heavy atom. The smallest absolute Gasteiger partial charge is 0.193 e. The zero-order valence-electron chi connectivity index (χ0n) is 19.3. The van der Waals surface area contributed by atoms with Crippen molar-refractivity contribution in [2.24, 2.45) is 10.9 Å². The van der Waals surface area contributed by atoms with E-state index in [9.17, 15) is 0 Å². The van der Waals surface area contributed by atoms with Crippen LogP contribution in [0.4, 0.5) is 5.69 Å². The first kappa shape index (κ1) is 22.6. The zero-order chi connectivity index (χ0) is 22.0. The minimum absolute atomic E-state index is 0.266. The molecule has 2 saturated heterocycles. The summed E-state index contributed by atoms with van der Waals surface area (Å²) in [4.78, 5) is 13.8. The van der Waals surface area contributed by atoms with Crippen molar-refractivity contribution in [3.63, 3.8) is 0 Å². The van der Waals surface area contributed by atoms with Crippen LogP contribution in [0.25, 0.3) is 0 Å². The number of hydrogen-bond acceptors (Lipinski definition) is 5. The number of guanidine groups is 1. The molecule has 7 nitrogen and oxygen atoms in total. The molecule has 2 aliphatic rings. The van der Waals surface area contributed by atoms with Gasteiger partial charge in [0, 0.05) is 64.3 Å². The number of furan rings is 1. The maximum atomic E-state index is 5.77. The molecule has 4 rings (SSSR count). The van der Waals surface area contributed by atoms with Crippen LogP contribution in [0.2, 0.25) is 0 Å². The van der Waals surface area contributed by atoms with Gasteiger partial charge in [0.2, 0.25) is 0 Å². The second-order valence-corrected chi connectivity index (χ2v) is 8.90. The van der Waals surface area contributed by atoms with E-state index in [2.05, 4.69) is 39.3 Å². The molecule has 0 amide bonds. The van der Waals surface area contributed by atoms with Crippen molar-refractivity contribution >= 4 is 11.6 Å². The molecule has 1 unspecified atom stereocenters. The number of nitrogens with zero attached hydrogens (tertiary/aromatic N) is 4. The number of aromatic nitrogens is 1. The average Bonchev–Trinajstić information content (AvgIpc) is 3.55. The zero-order valence-corrected chi connectivity index (χ0v) is 19.3. The Hall–Kier alpha value is -2.54. The molecule has 174 valence electrons. The van der Waals surface area contributed by atoms with Gasteiger partial charge in [-0.3, -0.25) is 9.98 Å². The molecule has 1 atom stereocenters. The lowest BCUT2D eigenvalue weighted by Gasteiger charge is -2.34. The maximum absolute atomic E-state index is 5.77. The third-order valence-corrected chi connectivity index (χ3v) is 6.58. The molecule has 2 aliphatic heterocycles. The number of piperidine rings is 1. The first-order chi connectivity index (χ1) is 15.8. The molecule has 0 radical (unpaired) electrons. The van der Waals surface area contributed by atoms with Crippen molar-refractivity contribution in [3.8, 4) is 0 Å². The highest BCUT2D eigenvalue weighted by atomic mass is 16.5. The standard InChI is InChI=1S/C25H37N5O2/c1-29(15-9-21-10-16-30(17-11-21)22-6-12-26-13-7-22)25(28-20-24-5-3-19-32-24)27-14-8-23-4-2-18-31-23/h2,4,6-7,12-13,18,21,24H,3,5,8-11,14-17,19-20H2,1H3,(H,27,28). The minimum atomic E-state index is 0.266. The molecule has 2 fully saturated rings. The maximum Gasteiger partial charge on any atom is 0.193 e. The summed E-state index contributed by atoms with van der Waals surface area (Å²) in [5.74, 6) is 2.74. The predicted octanol–water partition coefficient (Wildman–Crippen LogP) is 3.58. The van der Waals surface area contributed by atoms with E-state index in [1.165, 1.54) is 24.9 Å². The van der Waals surface area contributed by atoms with Crippen molar-refractivity contribution in [2.75, 3.05) is 51.3 Å². The molecule has 0 aromatic carbocycles. The predicted molar refractivity (Wildman–Crippen MR) is 128 cm³/mol. The number of ether oxygens (including phenoxy) is 1. The Labute approximate surface area is 191 Å². The second-order valence-electron chi connectivity index (χ2n) is 8.90. The van der Waals surface area contributed by atoms with Crippen LogP contribution in [0.1, 0.15) is 37.9 Å². The Morgan fingerprint density at radius 3 is 2.78 bits per heavy atom. The van der Waals surface area contributed by atoms with Crippen molar-refractivity contribution in [3.05, 3.63) is 48.7 Å². The van der Waals surface area contributed by atoms with E-state index in [0.29, 0.717) is 0 Å². The largest absolute Gasteiger partial charge is 0.469 e. The molecule has 0 bridgehead atoms. The van der Waals surface area contributed by atoms with Crippen LogP contribution >= 0.6 is 0 Å². The van der Waals surface area contributed by atoms with E-state index in [1.807, 2.05) is 24.5 Å². The molecule has 7 heteroatoms. The lowest BCUT2D eigenvalue weighted by molar-refractivity contribution is 0.117. The quantitative estimate of drug-likeness (QED) is 0.476. The Kier molecular flexibility index (Phi) is 8.42. The number of anilines is 1. The van der Waals surface area contributed by atoms with E-state index in [1.54, 1.807) is 6.26 Å². The third kappa shape index (κ3) is 6.73. The topological polar surface area (TPSA) is 66.1 Å². The second kappa shape index (κ2) is 11.9. The molecule has 1 N–H and O–H groups in total. The van der Waals surface area contributed by atoms with E-state index in [0.717, 1.165) is 76.2 Å². The fourth-order valence-electron chi connectivity index (χ4n) is 4.56. The fraction of sp³-hybridized carbons (Fsp3) is 0.600. The number of aliphatic imine (C=N–C) groups is 1. The summed E-state index contributed by atoms with van der Waals surface area (Å²) < 4.78 is 11.2. The summed E-state index contributed by atoms with van der Waals surface area (Å²) in [5.41, 5.74) is 1.29. The van der Waals surface area contributed by atoms with Gasteiger partial charge in [-0.25, -0.2) is 0 Å². The van der Waals surface area contributed by atoms with E-state index in [-0.39, 0.29) is 6.10 Å². The molecule has 4 heterocycles. The highest BCUT2D eigenvalue weighted by molar-refractivity contribution is 5.79. The molecular weight excluding hydrogens is 402 g/mol. The summed E-state index contributed by atoms with van der Waals surface area (Å²) in [7, 11) is 2.15. The SMILES string of the molecule is CN(CCC1CCN(c2ccncc2)CC1)C(=NCC1CCCO1)NCCc1ccco1. The van der Waals surface area contributed by atoms with Crippen LogP contribution in [0.15, 0.2) is 52.3 Å². The number of rotatable bonds is 9. The lowest BCUT2D eigenvalue weighted by atomic mass is 9.93. The van der Waals surface area contributed by atoms with Gasteiger partial charge >= 0.3 is 0 Å². The van der Waals surface area contributed by atoms with Gasteiger partial charge < -0.3 is 24.3 Å². The molecule has 2 aromatic heterocycles. The summed E-state index contributed by atoms with van der Waals surface area (Å²) in [6.07, 6.45) is 12.6. The van der Waals surface area contributed by atoms with Crippen molar-refractivity contribution in [2.45, 2.75) is 44.6 Å². The van der Waals surface area contributed by atoms with E-state index >= 15 is 0 Å². The molecule has 32 heavy (non-hydrogen) atoms. The molecule has 0 saturated carbocycles. The van der Waals surface area contributed by atoms with Gasteiger partial charge in [-0.05, 0) is 62.3 Å². The number of hydrogen-bond donors (Lipinski definition) is 1. The van der Waals surface area contributed by atoms with Crippen molar-refractivity contribution in [1.82, 2.24) is 15.2 Å². The van der Waals surface area contributed by atoms with Crippen LogP contribution in [-0.4, -0.2) is 68.3 Å². The third-order valence-electron chi connectivity index (χ3n) is 6.58. The van der Waals surface area contributed by atoms with Gasteiger partial charge in [0.25, 0.3) is 0 Å². The Balaban J connectivity index is 1.24. The normalized spacial score (nSPS) is 20.0. The van der Waals surface area contributed by atoms with Gasteiger partial charge in [-0.1, -0.05) is 0 Å². The van der Waals surface area contributed by atoms with Crippen LogP contribution in [-0.2, 0) is 11.2 Å². The number of pyridine rings is 1. The lowest BCUT2D eigenvalue weighted by Crippen LogP contribution is -2.42. The average molecular weight is 440 g/mol. The van der Waals surface area contributed by atoms with Gasteiger partial charge in [-0.15, -0.1) is 0 Å². The molecular formula is C25H37N5O2. The van der Waals surface area contributed by atoms with E-state index in [4.69, 9.17) is 14.1 Å². The van der Waals surface area contributed by atoms with Gasteiger partial charge in [0.1, 0.15) is 5.76 Å². The van der Waals surface area contributed by atoms with Gasteiger partial charge in [-0.2, -0.15) is 0 Å². The Morgan fingerprint density at radius 2 is 2.06 bits per heavy atom. The van der Waals surface area contributed by atoms with Crippen LogP contribution in [0.5, 0.6) is 0 Å². The van der Waals surface area contributed by atoms with Crippen molar-refractivity contribution < 1.29 is 9.15 Å². The highest BCUT2D eigenvalue weighted by Crippen LogP contribution is 2.24. The molecule has 2 aromatic rings. The van der Waals surface area contributed by atoms with Crippen molar-refractivity contribution in [1.29, 1.82) is 0 Å². The van der Waals surface area contributed by atoms with Gasteiger partial charge in [0.15, 0.2) is 5.96 Å². The molecule has 0 spiro atoms. The van der Waals surface area contributed by atoms with Crippen LogP contribution in [0, 0.1) is 5.92 Å². The summed E-state index contributed by atoms with van der Waals surface area (Å²) in [5, 5.41) is 3.54. The van der Waals surface area contributed by atoms with Crippen LogP contribution in [0.3, 0.4) is 0 Å². The fourth-order valence-corrected chi connectivity index (χ4v) is 4.56. The monoisotopic (exact) mass is 439 g/mol. The Bertz CT molecular complexity index is 797. The van der Waals surface area contributed by atoms with Crippen LogP contribution < -0.4 is 10.2 Å².